The quantitative estimate of drug-likeness (QED) is 0.881. The molecular weight excluding hydrogens is 338 g/mol. The Bertz CT molecular complexity index is 663. The van der Waals surface area contributed by atoms with E-state index < -0.39 is 5.97 Å². The van der Waals surface area contributed by atoms with Crippen LogP contribution in [0, 0.1) is 5.92 Å². The highest BCUT2D eigenvalue weighted by Crippen LogP contribution is 2.31. The molecule has 3 rings (SSSR count). The Kier molecular flexibility index (Phi) is 3.96. The smallest absolute Gasteiger partial charge is 0.358 e. The summed E-state index contributed by atoms with van der Waals surface area (Å²) in [5.41, 5.74) is 0.620. The number of carbonyl (C=O) groups is 1. The van der Waals surface area contributed by atoms with Crippen LogP contribution in [0.3, 0.4) is 0 Å². The molecule has 0 aliphatic heterocycles. The van der Waals surface area contributed by atoms with E-state index in [1.54, 1.807) is 0 Å². The number of halogens is 1. The van der Waals surface area contributed by atoms with Crippen molar-refractivity contribution in [2.75, 3.05) is 6.61 Å². The number of nitrogens with zero attached hydrogens (tertiary/aromatic N) is 1. The lowest BCUT2D eigenvalue weighted by Crippen LogP contribution is -2.19. The first-order valence-corrected chi connectivity index (χ1v) is 7.55. The molecule has 6 heteroatoms. The number of aromatic nitrogens is 1. The van der Waals surface area contributed by atoms with Gasteiger partial charge in [0, 0.05) is 16.1 Å². The van der Waals surface area contributed by atoms with Gasteiger partial charge in [-0.25, -0.2) is 4.79 Å². The lowest BCUT2D eigenvalue weighted by Gasteiger charge is -2.25. The van der Waals surface area contributed by atoms with E-state index in [9.17, 15) is 4.79 Å². The van der Waals surface area contributed by atoms with Gasteiger partial charge in [-0.1, -0.05) is 27.5 Å². The minimum atomic E-state index is -1.11. The van der Waals surface area contributed by atoms with Crippen molar-refractivity contribution in [3.8, 4) is 17.1 Å². The van der Waals surface area contributed by atoms with E-state index in [1.807, 2.05) is 18.2 Å². The zero-order chi connectivity index (χ0) is 14.8. The highest BCUT2D eigenvalue weighted by atomic mass is 79.9. The normalized spacial score (nSPS) is 14.7. The Morgan fingerprint density at radius 1 is 1.38 bits per heavy atom. The Morgan fingerprint density at radius 3 is 2.81 bits per heavy atom. The Morgan fingerprint density at radius 2 is 2.19 bits per heavy atom. The molecule has 110 valence electrons. The third kappa shape index (κ3) is 3.26. The lowest BCUT2D eigenvalue weighted by molar-refractivity contribution is 0.0686. The molecule has 1 fully saturated rings. The summed E-state index contributed by atoms with van der Waals surface area (Å²) in [6, 6.07) is 6.95. The van der Waals surface area contributed by atoms with Crippen molar-refractivity contribution in [1.82, 2.24) is 5.16 Å². The van der Waals surface area contributed by atoms with E-state index in [2.05, 4.69) is 21.1 Å². The summed E-state index contributed by atoms with van der Waals surface area (Å²) in [7, 11) is 0. The minimum absolute atomic E-state index is 0.109. The highest BCUT2D eigenvalue weighted by molar-refractivity contribution is 9.10. The molecule has 1 heterocycles. The van der Waals surface area contributed by atoms with E-state index in [4.69, 9.17) is 14.4 Å². The van der Waals surface area contributed by atoms with Crippen LogP contribution >= 0.6 is 15.9 Å². The van der Waals surface area contributed by atoms with Crippen LogP contribution in [-0.4, -0.2) is 22.8 Å². The number of hydrogen-bond acceptors (Lipinski definition) is 4. The van der Waals surface area contributed by atoms with Gasteiger partial charge in [0.15, 0.2) is 11.5 Å². The number of benzene rings is 1. The SMILES string of the molecule is O=C(O)c1cc(-c2cc(Br)cc(OCC3CCC3)c2)on1. The van der Waals surface area contributed by atoms with E-state index >= 15 is 0 Å². The van der Waals surface area contributed by atoms with Crippen LogP contribution < -0.4 is 4.74 Å². The maximum Gasteiger partial charge on any atom is 0.358 e. The minimum Gasteiger partial charge on any atom is -0.493 e. The van der Waals surface area contributed by atoms with E-state index in [0.717, 1.165) is 15.8 Å². The van der Waals surface area contributed by atoms with Crippen LogP contribution in [0.25, 0.3) is 11.3 Å². The predicted molar refractivity (Wildman–Crippen MR) is 79.4 cm³/mol. The first-order valence-electron chi connectivity index (χ1n) is 6.75. The third-order valence-electron chi connectivity index (χ3n) is 3.60. The van der Waals surface area contributed by atoms with Crippen LogP contribution in [0.2, 0.25) is 0 Å². The van der Waals surface area contributed by atoms with Crippen LogP contribution in [-0.2, 0) is 0 Å². The zero-order valence-electron chi connectivity index (χ0n) is 11.2. The van der Waals surface area contributed by atoms with Crippen molar-refractivity contribution in [1.29, 1.82) is 0 Å². The second-order valence-corrected chi connectivity index (χ2v) is 6.08. The molecule has 0 atom stereocenters. The fraction of sp³-hybridized carbons (Fsp3) is 0.333. The molecule has 0 amide bonds. The van der Waals surface area contributed by atoms with E-state index in [0.29, 0.717) is 18.3 Å². The zero-order valence-corrected chi connectivity index (χ0v) is 12.8. The number of carboxylic acids is 1. The van der Waals surface area contributed by atoms with Crippen molar-refractivity contribution in [2.45, 2.75) is 19.3 Å². The lowest BCUT2D eigenvalue weighted by atomic mass is 9.86. The monoisotopic (exact) mass is 351 g/mol. The molecule has 1 saturated carbocycles. The van der Waals surface area contributed by atoms with Gasteiger partial charge in [0.05, 0.1) is 6.61 Å². The summed E-state index contributed by atoms with van der Waals surface area (Å²) in [6.07, 6.45) is 3.74. The summed E-state index contributed by atoms with van der Waals surface area (Å²) in [6.45, 7) is 0.715. The molecule has 0 radical (unpaired) electrons. The fourth-order valence-corrected chi connectivity index (χ4v) is 2.65. The fourth-order valence-electron chi connectivity index (χ4n) is 2.17. The number of aromatic carboxylic acids is 1. The van der Waals surface area contributed by atoms with E-state index in [1.165, 1.54) is 25.3 Å². The molecule has 1 aromatic heterocycles. The van der Waals surface area contributed by atoms with Crippen molar-refractivity contribution in [3.05, 3.63) is 34.4 Å². The first kappa shape index (κ1) is 14.1. The van der Waals surface area contributed by atoms with Crippen molar-refractivity contribution in [3.63, 3.8) is 0 Å². The Hall–Kier alpha value is -1.82. The Balaban J connectivity index is 1.80. The molecule has 0 saturated heterocycles. The molecule has 0 bridgehead atoms. The molecule has 0 unspecified atom stereocenters. The predicted octanol–water partition coefficient (Wildman–Crippen LogP) is 3.98. The average molecular weight is 352 g/mol. The van der Waals surface area contributed by atoms with Crippen LogP contribution in [0.5, 0.6) is 5.75 Å². The Labute approximate surface area is 130 Å². The summed E-state index contributed by atoms with van der Waals surface area (Å²) >= 11 is 3.43. The van der Waals surface area contributed by atoms with Crippen molar-refractivity contribution in [2.24, 2.45) is 5.92 Å². The second kappa shape index (κ2) is 5.89. The third-order valence-corrected chi connectivity index (χ3v) is 4.05. The summed E-state index contributed by atoms with van der Waals surface area (Å²) in [5, 5.41) is 12.4. The first-order chi connectivity index (χ1) is 10.1. The van der Waals surface area contributed by atoms with Gasteiger partial charge >= 0.3 is 5.97 Å². The molecule has 21 heavy (non-hydrogen) atoms. The van der Waals surface area contributed by atoms with E-state index in [-0.39, 0.29) is 5.69 Å². The topological polar surface area (TPSA) is 72.6 Å². The standard InChI is InChI=1S/C15H14BrNO4/c16-11-4-10(14-7-13(15(18)19)17-21-14)5-12(6-11)20-8-9-2-1-3-9/h4-7,9H,1-3,8H2,(H,18,19). The van der Waals surface area contributed by atoms with Gasteiger partial charge < -0.3 is 14.4 Å². The number of carboxylic acid groups (broad SMARTS) is 1. The van der Waals surface area contributed by atoms with Gasteiger partial charge in [0.1, 0.15) is 5.75 Å². The molecule has 1 aliphatic rings. The molecule has 1 aromatic carbocycles. The molecule has 1 N–H and O–H groups in total. The van der Waals surface area contributed by atoms with Gasteiger partial charge in [-0.3, -0.25) is 0 Å². The second-order valence-electron chi connectivity index (χ2n) is 5.17. The average Bonchev–Trinajstić information content (AvgIpc) is 2.86. The van der Waals surface area contributed by atoms with Crippen LogP contribution in [0.4, 0.5) is 0 Å². The van der Waals surface area contributed by atoms with Gasteiger partial charge in [-0.2, -0.15) is 0 Å². The largest absolute Gasteiger partial charge is 0.493 e. The summed E-state index contributed by atoms with van der Waals surface area (Å²) in [5.74, 6) is 0.680. The maximum absolute atomic E-state index is 10.8. The van der Waals surface area contributed by atoms with Crippen molar-refractivity contribution >= 4 is 21.9 Å². The van der Waals surface area contributed by atoms with Gasteiger partial charge in [0.25, 0.3) is 0 Å². The molecule has 5 nitrogen and oxygen atoms in total. The molecule has 1 aliphatic carbocycles. The van der Waals surface area contributed by atoms with Gasteiger partial charge in [-0.15, -0.1) is 0 Å². The maximum atomic E-state index is 10.8. The number of ether oxygens (including phenoxy) is 1. The summed E-state index contributed by atoms with van der Waals surface area (Å²) < 4.78 is 11.7. The van der Waals surface area contributed by atoms with Gasteiger partial charge in [-0.05, 0) is 37.0 Å². The highest BCUT2D eigenvalue weighted by Gasteiger charge is 2.18. The van der Waals surface area contributed by atoms with Gasteiger partial charge in [0.2, 0.25) is 0 Å². The number of hydrogen-bond donors (Lipinski definition) is 1. The summed E-state index contributed by atoms with van der Waals surface area (Å²) in [4.78, 5) is 10.8. The van der Waals surface area contributed by atoms with Crippen LogP contribution in [0.1, 0.15) is 29.8 Å². The van der Waals surface area contributed by atoms with Crippen LogP contribution in [0.15, 0.2) is 33.3 Å². The molecule has 0 spiro atoms. The molecule has 2 aromatic rings. The number of rotatable bonds is 5. The van der Waals surface area contributed by atoms with Crippen molar-refractivity contribution < 1.29 is 19.2 Å². The molecular formula is C15H14BrNO4.